The van der Waals surface area contributed by atoms with Gasteiger partial charge in [-0.2, -0.15) is 0 Å². The third kappa shape index (κ3) is 2.86. The number of halogens is 1. The van der Waals surface area contributed by atoms with Crippen molar-refractivity contribution in [3.05, 3.63) is 60.0 Å². The zero-order chi connectivity index (χ0) is 9.68. The van der Waals surface area contributed by atoms with Crippen molar-refractivity contribution in [2.75, 3.05) is 0 Å². The second-order valence-corrected chi connectivity index (χ2v) is 2.87. The van der Waals surface area contributed by atoms with Crippen LogP contribution in [0.5, 0.6) is 0 Å². The molecule has 0 heterocycles. The Morgan fingerprint density at radius 3 is 2.85 bits per heavy atom. The van der Waals surface area contributed by atoms with Gasteiger partial charge in [0.15, 0.2) is 0 Å². The molecule has 0 aliphatic heterocycles. The smallest absolute Gasteiger partial charge is 0.125 e. The summed E-state index contributed by atoms with van der Waals surface area (Å²) in [7, 11) is 0. The zero-order valence-corrected chi connectivity index (χ0v) is 7.76. The van der Waals surface area contributed by atoms with E-state index < -0.39 is 0 Å². The van der Waals surface area contributed by atoms with E-state index in [9.17, 15) is 4.39 Å². The van der Waals surface area contributed by atoms with Gasteiger partial charge in [0.1, 0.15) is 5.83 Å². The summed E-state index contributed by atoms with van der Waals surface area (Å²) >= 11 is 0. The van der Waals surface area contributed by atoms with Gasteiger partial charge in [0.25, 0.3) is 0 Å². The number of hydrogen-bond acceptors (Lipinski definition) is 0. The fourth-order valence-corrected chi connectivity index (χ4v) is 1.12. The highest BCUT2D eigenvalue weighted by Crippen LogP contribution is 2.17. The van der Waals surface area contributed by atoms with Crippen molar-refractivity contribution in [1.82, 2.24) is 0 Å². The molecule has 1 rings (SSSR count). The number of hydrogen-bond donors (Lipinski definition) is 0. The molecule has 0 N–H and O–H groups in total. The van der Waals surface area contributed by atoms with E-state index in [1.807, 2.05) is 24.3 Å². The van der Waals surface area contributed by atoms with Crippen molar-refractivity contribution in [2.24, 2.45) is 0 Å². The van der Waals surface area contributed by atoms with Gasteiger partial charge in [0.05, 0.1) is 0 Å². The summed E-state index contributed by atoms with van der Waals surface area (Å²) in [5.41, 5.74) is 1.53. The summed E-state index contributed by atoms with van der Waals surface area (Å²) in [6, 6.07) is 0. The molecule has 1 aliphatic rings. The molecule has 0 radical (unpaired) electrons. The second kappa shape index (κ2) is 4.61. The summed E-state index contributed by atoms with van der Waals surface area (Å²) in [6.07, 6.45) is 12.0. The standard InChI is InChI=1S/C12H13F/c1-3-12(13)10(2)9-11-7-5-4-6-8-11/h3-7,9H,2,8H2,1H3/b11-9-,12-3+. The van der Waals surface area contributed by atoms with Crippen LogP contribution in [0.1, 0.15) is 13.3 Å². The Morgan fingerprint density at radius 2 is 2.31 bits per heavy atom. The molecule has 0 spiro atoms. The largest absolute Gasteiger partial charge is 0.207 e. The van der Waals surface area contributed by atoms with Gasteiger partial charge >= 0.3 is 0 Å². The highest BCUT2D eigenvalue weighted by Gasteiger charge is 1.99. The highest BCUT2D eigenvalue weighted by atomic mass is 19.1. The summed E-state index contributed by atoms with van der Waals surface area (Å²) in [4.78, 5) is 0. The van der Waals surface area contributed by atoms with Crippen molar-refractivity contribution in [3.8, 4) is 0 Å². The van der Waals surface area contributed by atoms with Gasteiger partial charge < -0.3 is 0 Å². The van der Waals surface area contributed by atoms with E-state index in [2.05, 4.69) is 6.58 Å². The van der Waals surface area contributed by atoms with Crippen LogP contribution in [0, 0.1) is 0 Å². The lowest BCUT2D eigenvalue weighted by Crippen LogP contribution is -1.83. The number of rotatable bonds is 2. The van der Waals surface area contributed by atoms with Gasteiger partial charge in [-0.3, -0.25) is 0 Å². The fourth-order valence-electron chi connectivity index (χ4n) is 1.12. The van der Waals surface area contributed by atoms with Crippen LogP contribution < -0.4 is 0 Å². The SMILES string of the molecule is C=C(/C=C1/C=CC=CC1)/C(F)=C\C. The average Bonchev–Trinajstić information content (AvgIpc) is 2.18. The molecule has 0 aromatic rings. The van der Waals surface area contributed by atoms with E-state index in [-0.39, 0.29) is 5.83 Å². The van der Waals surface area contributed by atoms with Crippen molar-refractivity contribution < 1.29 is 4.39 Å². The third-order valence-electron chi connectivity index (χ3n) is 1.83. The van der Waals surface area contributed by atoms with Crippen molar-refractivity contribution in [3.63, 3.8) is 0 Å². The molecule has 0 saturated carbocycles. The Labute approximate surface area is 78.5 Å². The van der Waals surface area contributed by atoms with Crippen LogP contribution in [0.3, 0.4) is 0 Å². The first-order valence-corrected chi connectivity index (χ1v) is 4.29. The molecular formula is C12H13F. The Morgan fingerprint density at radius 1 is 1.54 bits per heavy atom. The predicted octanol–water partition coefficient (Wildman–Crippen LogP) is 3.86. The minimum atomic E-state index is -0.254. The van der Waals surface area contributed by atoms with Crippen molar-refractivity contribution >= 4 is 0 Å². The topological polar surface area (TPSA) is 0 Å². The molecule has 1 aliphatic carbocycles. The van der Waals surface area contributed by atoms with Crippen LogP contribution in [-0.4, -0.2) is 0 Å². The van der Waals surface area contributed by atoms with Gasteiger partial charge in [-0.05, 0) is 25.0 Å². The first-order valence-electron chi connectivity index (χ1n) is 4.29. The fraction of sp³-hybridized carbons (Fsp3) is 0.167. The lowest BCUT2D eigenvalue weighted by molar-refractivity contribution is 0.655. The van der Waals surface area contributed by atoms with Gasteiger partial charge in [-0.1, -0.05) is 37.0 Å². The van der Waals surface area contributed by atoms with Gasteiger partial charge in [0.2, 0.25) is 0 Å². The lowest BCUT2D eigenvalue weighted by Gasteiger charge is -2.02. The quantitative estimate of drug-likeness (QED) is 0.560. The first kappa shape index (κ1) is 9.72. The summed E-state index contributed by atoms with van der Waals surface area (Å²) in [6.45, 7) is 5.30. The predicted molar refractivity (Wildman–Crippen MR) is 55.0 cm³/mol. The van der Waals surface area contributed by atoms with Crippen molar-refractivity contribution in [2.45, 2.75) is 13.3 Å². The van der Waals surface area contributed by atoms with Gasteiger partial charge in [-0.25, -0.2) is 4.39 Å². The lowest BCUT2D eigenvalue weighted by atomic mass is 10.0. The molecular weight excluding hydrogens is 163 g/mol. The van der Waals surface area contributed by atoms with Crippen LogP contribution in [0.15, 0.2) is 60.0 Å². The van der Waals surface area contributed by atoms with Gasteiger partial charge in [0, 0.05) is 5.57 Å². The maximum Gasteiger partial charge on any atom is 0.125 e. The maximum absolute atomic E-state index is 13.0. The van der Waals surface area contributed by atoms with E-state index in [0.717, 1.165) is 12.0 Å². The molecule has 0 amide bonds. The summed E-state index contributed by atoms with van der Waals surface area (Å²) in [5, 5.41) is 0. The second-order valence-electron chi connectivity index (χ2n) is 2.87. The highest BCUT2D eigenvalue weighted by molar-refractivity contribution is 5.41. The molecule has 0 nitrogen and oxygen atoms in total. The van der Waals surface area contributed by atoms with E-state index in [1.54, 1.807) is 13.0 Å². The molecule has 0 atom stereocenters. The molecule has 13 heavy (non-hydrogen) atoms. The Kier molecular flexibility index (Phi) is 3.44. The van der Waals surface area contributed by atoms with Crippen LogP contribution >= 0.6 is 0 Å². The third-order valence-corrected chi connectivity index (χ3v) is 1.83. The molecule has 0 unspecified atom stereocenters. The minimum Gasteiger partial charge on any atom is -0.207 e. The maximum atomic E-state index is 13.0. The van der Waals surface area contributed by atoms with Crippen LogP contribution in [0.25, 0.3) is 0 Å². The molecule has 0 bridgehead atoms. The Bertz CT molecular complexity index is 314. The van der Waals surface area contributed by atoms with Crippen LogP contribution in [-0.2, 0) is 0 Å². The number of allylic oxidation sites excluding steroid dienone is 9. The monoisotopic (exact) mass is 176 g/mol. The molecule has 0 aromatic carbocycles. The van der Waals surface area contributed by atoms with Crippen LogP contribution in [0.4, 0.5) is 4.39 Å². The molecule has 0 fully saturated rings. The van der Waals surface area contributed by atoms with Crippen LogP contribution in [0.2, 0.25) is 0 Å². The van der Waals surface area contributed by atoms with E-state index in [1.165, 1.54) is 6.08 Å². The minimum absolute atomic E-state index is 0.254. The van der Waals surface area contributed by atoms with E-state index in [0.29, 0.717) is 5.57 Å². The Balaban J connectivity index is 2.71. The molecule has 1 heteroatoms. The normalized spacial score (nSPS) is 19.5. The molecule has 0 aromatic heterocycles. The summed E-state index contributed by atoms with van der Waals surface area (Å²) < 4.78 is 13.0. The average molecular weight is 176 g/mol. The Hall–Kier alpha value is -1.37. The van der Waals surface area contributed by atoms with E-state index >= 15 is 0 Å². The summed E-state index contributed by atoms with van der Waals surface area (Å²) in [5.74, 6) is -0.254. The van der Waals surface area contributed by atoms with E-state index in [4.69, 9.17) is 0 Å². The first-order chi connectivity index (χ1) is 6.24. The molecule has 68 valence electrons. The van der Waals surface area contributed by atoms with Crippen molar-refractivity contribution in [1.29, 1.82) is 0 Å². The van der Waals surface area contributed by atoms with Gasteiger partial charge in [-0.15, -0.1) is 0 Å². The zero-order valence-electron chi connectivity index (χ0n) is 7.76. The molecule has 0 saturated heterocycles.